The van der Waals surface area contributed by atoms with Crippen molar-refractivity contribution in [3.63, 3.8) is 0 Å². The monoisotopic (exact) mass is 247 g/mol. The predicted octanol–water partition coefficient (Wildman–Crippen LogP) is 0.949. The van der Waals surface area contributed by atoms with Gasteiger partial charge in [0, 0.05) is 17.9 Å². The third kappa shape index (κ3) is 1.26. The molecule has 3 aliphatic rings. The highest BCUT2D eigenvalue weighted by molar-refractivity contribution is 5.81. The summed E-state index contributed by atoms with van der Waals surface area (Å²) in [6.45, 7) is 3.36. The van der Waals surface area contributed by atoms with Crippen LogP contribution in [0.3, 0.4) is 0 Å². The normalized spacial score (nSPS) is 44.1. The van der Waals surface area contributed by atoms with Crippen molar-refractivity contribution in [1.82, 2.24) is 0 Å². The summed E-state index contributed by atoms with van der Waals surface area (Å²) >= 11 is 0. The summed E-state index contributed by atoms with van der Waals surface area (Å²) in [5.74, 6) is -0.742. The lowest BCUT2D eigenvalue weighted by atomic mass is 9.72. The Bertz CT molecular complexity index is 480. The minimum absolute atomic E-state index is 0.128. The number of fused-ring (bicyclic) bond motifs is 5. The van der Waals surface area contributed by atoms with Gasteiger partial charge in [-0.05, 0) is 12.8 Å². The molecule has 2 bridgehead atoms. The molecule has 94 valence electrons. The SMILES string of the molecule is C=CC(=O)OC1CC2C[C@]1(C#N)C1CC(=O)OC21. The zero-order chi connectivity index (χ0) is 12.9. The van der Waals surface area contributed by atoms with Gasteiger partial charge in [0.2, 0.25) is 0 Å². The van der Waals surface area contributed by atoms with E-state index < -0.39 is 17.5 Å². The molecular formula is C13H13NO4. The summed E-state index contributed by atoms with van der Waals surface area (Å²) in [6.07, 6.45) is 2.02. The average Bonchev–Trinajstić information content (AvgIpc) is 2.97. The highest BCUT2D eigenvalue weighted by Gasteiger charge is 2.68. The van der Waals surface area contributed by atoms with Gasteiger partial charge < -0.3 is 9.47 Å². The van der Waals surface area contributed by atoms with E-state index in [4.69, 9.17) is 9.47 Å². The highest BCUT2D eigenvalue weighted by Crippen LogP contribution is 2.62. The first-order chi connectivity index (χ1) is 8.60. The van der Waals surface area contributed by atoms with Gasteiger partial charge in [0.05, 0.1) is 12.5 Å². The van der Waals surface area contributed by atoms with Gasteiger partial charge >= 0.3 is 11.9 Å². The average molecular weight is 247 g/mol. The molecule has 1 heterocycles. The smallest absolute Gasteiger partial charge is 0.330 e. The van der Waals surface area contributed by atoms with Crippen LogP contribution in [0.2, 0.25) is 0 Å². The van der Waals surface area contributed by atoms with Crippen LogP contribution in [0.4, 0.5) is 0 Å². The number of nitrogens with zero attached hydrogens (tertiary/aromatic N) is 1. The van der Waals surface area contributed by atoms with Crippen LogP contribution in [0.5, 0.6) is 0 Å². The number of hydrogen-bond acceptors (Lipinski definition) is 5. The van der Waals surface area contributed by atoms with Gasteiger partial charge in [-0.1, -0.05) is 6.58 Å². The Hall–Kier alpha value is -1.83. The molecule has 5 heteroatoms. The quantitative estimate of drug-likeness (QED) is 0.536. The molecule has 18 heavy (non-hydrogen) atoms. The second-order valence-corrected chi connectivity index (χ2v) is 5.25. The second kappa shape index (κ2) is 3.58. The summed E-state index contributed by atoms with van der Waals surface area (Å²) < 4.78 is 10.6. The fourth-order valence-electron chi connectivity index (χ4n) is 3.79. The Morgan fingerprint density at radius 2 is 2.44 bits per heavy atom. The lowest BCUT2D eigenvalue weighted by Crippen LogP contribution is -2.42. The minimum atomic E-state index is -0.750. The number of nitriles is 1. The van der Waals surface area contributed by atoms with Crippen molar-refractivity contribution in [2.24, 2.45) is 17.3 Å². The molecule has 0 aromatic heterocycles. The van der Waals surface area contributed by atoms with Gasteiger partial charge in [-0.25, -0.2) is 4.79 Å². The van der Waals surface area contributed by atoms with Crippen LogP contribution in [0.15, 0.2) is 12.7 Å². The van der Waals surface area contributed by atoms with E-state index in [0.29, 0.717) is 12.8 Å². The van der Waals surface area contributed by atoms with Crippen LogP contribution in [-0.2, 0) is 19.1 Å². The topological polar surface area (TPSA) is 76.4 Å². The van der Waals surface area contributed by atoms with Gasteiger partial charge in [-0.3, -0.25) is 4.79 Å². The molecule has 1 aliphatic heterocycles. The van der Waals surface area contributed by atoms with E-state index >= 15 is 0 Å². The molecule has 0 amide bonds. The fraction of sp³-hybridized carbons (Fsp3) is 0.615. The van der Waals surface area contributed by atoms with Gasteiger partial charge in [-0.2, -0.15) is 5.26 Å². The van der Waals surface area contributed by atoms with E-state index in [2.05, 4.69) is 12.6 Å². The number of esters is 2. The molecule has 2 saturated carbocycles. The standard InChI is InChI=1S/C13H13NO4/c1-2-10(15)17-9-3-7-5-13(9,6-14)8-4-11(16)18-12(7)8/h2,7-9,12H,1,3-5H2/t7?,8?,9?,12?,13-/m0/s1. The molecule has 2 aliphatic carbocycles. The number of carbonyl (C=O) groups excluding carboxylic acids is 2. The van der Waals surface area contributed by atoms with Crippen LogP contribution in [0.1, 0.15) is 19.3 Å². The van der Waals surface area contributed by atoms with Gasteiger partial charge in [0.1, 0.15) is 17.6 Å². The molecule has 0 aromatic carbocycles. The molecule has 0 N–H and O–H groups in total. The molecule has 1 saturated heterocycles. The first-order valence-electron chi connectivity index (χ1n) is 6.04. The van der Waals surface area contributed by atoms with Crippen molar-refractivity contribution in [2.75, 3.05) is 0 Å². The Morgan fingerprint density at radius 3 is 3.11 bits per heavy atom. The van der Waals surface area contributed by atoms with Crippen LogP contribution < -0.4 is 0 Å². The first-order valence-corrected chi connectivity index (χ1v) is 6.04. The number of ether oxygens (including phenoxy) is 2. The third-order valence-corrected chi connectivity index (χ3v) is 4.50. The van der Waals surface area contributed by atoms with Gasteiger partial charge in [0.25, 0.3) is 0 Å². The molecule has 0 radical (unpaired) electrons. The molecule has 0 aromatic rings. The molecule has 3 rings (SSSR count). The lowest BCUT2D eigenvalue weighted by Gasteiger charge is -2.34. The zero-order valence-electron chi connectivity index (χ0n) is 9.80. The maximum absolute atomic E-state index is 11.4. The van der Waals surface area contributed by atoms with Crippen molar-refractivity contribution >= 4 is 11.9 Å². The lowest BCUT2D eigenvalue weighted by molar-refractivity contribution is -0.152. The Labute approximate surface area is 104 Å². The predicted molar refractivity (Wildman–Crippen MR) is 58.8 cm³/mol. The minimum Gasteiger partial charge on any atom is -0.462 e. The number of rotatable bonds is 2. The molecule has 0 spiro atoms. The Balaban J connectivity index is 1.89. The Morgan fingerprint density at radius 1 is 1.67 bits per heavy atom. The molecule has 3 fully saturated rings. The molecule has 4 unspecified atom stereocenters. The Kier molecular flexibility index (Phi) is 2.24. The van der Waals surface area contributed by atoms with Crippen molar-refractivity contribution in [3.05, 3.63) is 12.7 Å². The van der Waals surface area contributed by atoms with Gasteiger partial charge in [0.15, 0.2) is 0 Å². The molecular weight excluding hydrogens is 234 g/mol. The van der Waals surface area contributed by atoms with E-state index in [0.717, 1.165) is 6.08 Å². The summed E-state index contributed by atoms with van der Waals surface area (Å²) in [7, 11) is 0. The summed E-state index contributed by atoms with van der Waals surface area (Å²) in [4.78, 5) is 22.7. The summed E-state index contributed by atoms with van der Waals surface area (Å²) in [5, 5.41) is 9.50. The van der Waals surface area contributed by atoms with Crippen molar-refractivity contribution in [3.8, 4) is 6.07 Å². The van der Waals surface area contributed by atoms with Crippen LogP contribution in [0, 0.1) is 28.6 Å². The maximum atomic E-state index is 11.4. The van der Waals surface area contributed by atoms with Crippen LogP contribution in [0.25, 0.3) is 0 Å². The van der Waals surface area contributed by atoms with E-state index in [1.165, 1.54) is 0 Å². The zero-order valence-corrected chi connectivity index (χ0v) is 9.80. The van der Waals surface area contributed by atoms with Gasteiger partial charge in [-0.15, -0.1) is 0 Å². The first kappa shape index (κ1) is 11.3. The van der Waals surface area contributed by atoms with E-state index in [1.54, 1.807) is 0 Å². The summed E-state index contributed by atoms with van der Waals surface area (Å²) in [6, 6.07) is 2.30. The number of carbonyl (C=O) groups is 2. The van der Waals surface area contributed by atoms with Crippen molar-refractivity contribution in [2.45, 2.75) is 31.5 Å². The summed E-state index contributed by atoms with van der Waals surface area (Å²) in [5.41, 5.74) is -0.750. The largest absolute Gasteiger partial charge is 0.462 e. The van der Waals surface area contributed by atoms with E-state index in [1.807, 2.05) is 0 Å². The van der Waals surface area contributed by atoms with E-state index in [-0.39, 0.29) is 30.3 Å². The number of hydrogen-bond donors (Lipinski definition) is 0. The second-order valence-electron chi connectivity index (χ2n) is 5.25. The van der Waals surface area contributed by atoms with Crippen molar-refractivity contribution in [1.29, 1.82) is 5.26 Å². The molecule has 5 atom stereocenters. The maximum Gasteiger partial charge on any atom is 0.330 e. The van der Waals surface area contributed by atoms with E-state index in [9.17, 15) is 14.9 Å². The van der Waals surface area contributed by atoms with Crippen molar-refractivity contribution < 1.29 is 19.1 Å². The third-order valence-electron chi connectivity index (χ3n) is 4.50. The van der Waals surface area contributed by atoms with Crippen LogP contribution in [-0.4, -0.2) is 24.1 Å². The highest BCUT2D eigenvalue weighted by atomic mass is 16.6. The van der Waals surface area contributed by atoms with Crippen LogP contribution >= 0.6 is 0 Å². The molecule has 5 nitrogen and oxygen atoms in total. The fourth-order valence-corrected chi connectivity index (χ4v) is 3.79.